The van der Waals surface area contributed by atoms with Crippen molar-refractivity contribution in [1.82, 2.24) is 20.2 Å². The molecule has 3 unspecified atom stereocenters. The lowest BCUT2D eigenvalue weighted by Gasteiger charge is -2.36. The molecule has 2 aliphatic rings. The van der Waals surface area contributed by atoms with Gasteiger partial charge in [0, 0.05) is 36.7 Å². The minimum Gasteiger partial charge on any atom is -0.306 e. The summed E-state index contributed by atoms with van der Waals surface area (Å²) in [6.07, 6.45) is 10.7. The summed E-state index contributed by atoms with van der Waals surface area (Å²) in [6.45, 7) is 4.76. The highest BCUT2D eigenvalue weighted by Crippen LogP contribution is 2.27. The first kappa shape index (κ1) is 12.1. The van der Waals surface area contributed by atoms with Crippen molar-refractivity contribution in [1.29, 1.82) is 0 Å². The summed E-state index contributed by atoms with van der Waals surface area (Å²) in [4.78, 5) is 11.2. The van der Waals surface area contributed by atoms with Crippen molar-refractivity contribution in [2.75, 3.05) is 13.1 Å². The van der Waals surface area contributed by atoms with Gasteiger partial charge in [0.2, 0.25) is 0 Å². The average Bonchev–Trinajstić information content (AvgIpc) is 2.87. The van der Waals surface area contributed by atoms with Crippen LogP contribution in [0.3, 0.4) is 0 Å². The minimum atomic E-state index is 0.302. The van der Waals surface area contributed by atoms with Crippen LogP contribution in [0.2, 0.25) is 0 Å². The van der Waals surface area contributed by atoms with Gasteiger partial charge in [-0.05, 0) is 45.7 Å². The summed E-state index contributed by atoms with van der Waals surface area (Å²) < 4.78 is 0. The van der Waals surface area contributed by atoms with Gasteiger partial charge in [-0.25, -0.2) is 0 Å². The van der Waals surface area contributed by atoms with Gasteiger partial charge in [-0.3, -0.25) is 9.97 Å². The normalized spacial score (nSPS) is 30.1. The van der Waals surface area contributed by atoms with Gasteiger partial charge in [-0.15, -0.1) is 0 Å². The number of hydrogen-bond acceptors (Lipinski definition) is 4. The second-order valence-electron chi connectivity index (χ2n) is 5.57. The Bertz CT molecular complexity index is 381. The molecule has 0 radical (unpaired) electrons. The van der Waals surface area contributed by atoms with Gasteiger partial charge in [0.1, 0.15) is 0 Å². The molecule has 4 nitrogen and oxygen atoms in total. The molecule has 4 heteroatoms. The second-order valence-corrected chi connectivity index (χ2v) is 5.57. The van der Waals surface area contributed by atoms with E-state index in [-0.39, 0.29) is 0 Å². The lowest BCUT2D eigenvalue weighted by atomic mass is 9.97. The van der Waals surface area contributed by atoms with Gasteiger partial charge in [0.05, 0.1) is 5.69 Å². The summed E-state index contributed by atoms with van der Waals surface area (Å²) in [6, 6.07) is 1.77. The van der Waals surface area contributed by atoms with Crippen LogP contribution in [0.4, 0.5) is 0 Å². The van der Waals surface area contributed by atoms with Crippen molar-refractivity contribution in [3.8, 4) is 0 Å². The Morgan fingerprint density at radius 2 is 2.28 bits per heavy atom. The third kappa shape index (κ3) is 2.54. The topological polar surface area (TPSA) is 41.0 Å². The van der Waals surface area contributed by atoms with Gasteiger partial charge >= 0.3 is 0 Å². The van der Waals surface area contributed by atoms with Gasteiger partial charge in [-0.1, -0.05) is 0 Å². The fourth-order valence-corrected chi connectivity index (χ4v) is 3.35. The van der Waals surface area contributed by atoms with Crippen LogP contribution in [0.1, 0.15) is 44.3 Å². The highest BCUT2D eigenvalue weighted by atomic mass is 15.2. The van der Waals surface area contributed by atoms with E-state index < -0.39 is 0 Å². The standard InChI is InChI=1S/C14H22N4/c1-11(14-10-15-5-6-16-14)17-12-4-8-18-7-2-3-13(18)9-12/h5-6,10-13,17H,2-4,7-9H2,1H3. The number of hydrogen-bond donors (Lipinski definition) is 1. The van der Waals surface area contributed by atoms with Crippen molar-refractivity contribution in [3.05, 3.63) is 24.3 Å². The zero-order valence-corrected chi connectivity index (χ0v) is 11.0. The number of nitrogens with zero attached hydrogens (tertiary/aromatic N) is 3. The summed E-state index contributed by atoms with van der Waals surface area (Å²) in [5.74, 6) is 0. The second kappa shape index (κ2) is 5.33. The Morgan fingerprint density at radius 3 is 3.11 bits per heavy atom. The van der Waals surface area contributed by atoms with Crippen LogP contribution in [-0.2, 0) is 0 Å². The van der Waals surface area contributed by atoms with E-state index in [2.05, 4.69) is 27.1 Å². The van der Waals surface area contributed by atoms with Gasteiger partial charge in [0.25, 0.3) is 0 Å². The van der Waals surface area contributed by atoms with Crippen LogP contribution in [0.15, 0.2) is 18.6 Å². The van der Waals surface area contributed by atoms with Crippen LogP contribution in [0, 0.1) is 0 Å². The van der Waals surface area contributed by atoms with Crippen LogP contribution >= 0.6 is 0 Å². The molecule has 0 saturated carbocycles. The first-order valence-corrected chi connectivity index (χ1v) is 7.09. The Kier molecular flexibility index (Phi) is 3.57. The molecule has 3 atom stereocenters. The molecule has 2 aliphatic heterocycles. The predicted octanol–water partition coefficient (Wildman–Crippen LogP) is 1.75. The van der Waals surface area contributed by atoms with Gasteiger partial charge < -0.3 is 10.2 Å². The van der Waals surface area contributed by atoms with Crippen molar-refractivity contribution in [2.45, 2.75) is 50.7 Å². The largest absolute Gasteiger partial charge is 0.306 e. The number of rotatable bonds is 3. The minimum absolute atomic E-state index is 0.302. The van der Waals surface area contributed by atoms with E-state index in [1.165, 1.54) is 38.8 Å². The number of aromatic nitrogens is 2. The van der Waals surface area contributed by atoms with Gasteiger partial charge in [0.15, 0.2) is 0 Å². The molecule has 1 aromatic rings. The zero-order chi connectivity index (χ0) is 12.4. The van der Waals surface area contributed by atoms with E-state index in [0.717, 1.165) is 11.7 Å². The molecule has 3 rings (SSSR count). The quantitative estimate of drug-likeness (QED) is 0.882. The first-order chi connectivity index (χ1) is 8.83. The summed E-state index contributed by atoms with van der Waals surface area (Å²) >= 11 is 0. The van der Waals surface area contributed by atoms with Crippen molar-refractivity contribution in [3.63, 3.8) is 0 Å². The fourth-order valence-electron chi connectivity index (χ4n) is 3.35. The molecule has 3 heterocycles. The van der Waals surface area contributed by atoms with E-state index >= 15 is 0 Å². The molecule has 2 saturated heterocycles. The average molecular weight is 246 g/mol. The molecule has 2 fully saturated rings. The predicted molar refractivity (Wildman–Crippen MR) is 71.2 cm³/mol. The van der Waals surface area contributed by atoms with Crippen LogP contribution in [0.25, 0.3) is 0 Å². The smallest absolute Gasteiger partial charge is 0.0753 e. The highest BCUT2D eigenvalue weighted by Gasteiger charge is 2.32. The van der Waals surface area contributed by atoms with Crippen molar-refractivity contribution < 1.29 is 0 Å². The number of nitrogens with one attached hydrogen (secondary N) is 1. The van der Waals surface area contributed by atoms with E-state index in [1.807, 2.05) is 6.20 Å². The van der Waals surface area contributed by atoms with E-state index in [4.69, 9.17) is 0 Å². The molecule has 0 amide bonds. The van der Waals surface area contributed by atoms with Crippen LogP contribution < -0.4 is 5.32 Å². The van der Waals surface area contributed by atoms with E-state index in [0.29, 0.717) is 12.1 Å². The summed E-state index contributed by atoms with van der Waals surface area (Å²) in [5.41, 5.74) is 1.05. The fraction of sp³-hybridized carbons (Fsp3) is 0.714. The molecular weight excluding hydrogens is 224 g/mol. The monoisotopic (exact) mass is 246 g/mol. The first-order valence-electron chi connectivity index (χ1n) is 7.09. The van der Waals surface area contributed by atoms with E-state index in [1.54, 1.807) is 12.4 Å². The Hall–Kier alpha value is -1.00. The lowest BCUT2D eigenvalue weighted by Crippen LogP contribution is -2.46. The number of piperidine rings is 1. The molecule has 0 aromatic carbocycles. The maximum atomic E-state index is 4.38. The third-order valence-corrected chi connectivity index (χ3v) is 4.33. The molecule has 1 N–H and O–H groups in total. The Morgan fingerprint density at radius 1 is 1.33 bits per heavy atom. The number of fused-ring (bicyclic) bond motifs is 1. The summed E-state index contributed by atoms with van der Waals surface area (Å²) in [7, 11) is 0. The maximum Gasteiger partial charge on any atom is 0.0753 e. The van der Waals surface area contributed by atoms with Crippen LogP contribution in [0.5, 0.6) is 0 Å². The van der Waals surface area contributed by atoms with Crippen molar-refractivity contribution >= 4 is 0 Å². The molecule has 0 spiro atoms. The Labute approximate surface area is 109 Å². The summed E-state index contributed by atoms with van der Waals surface area (Å²) in [5, 5.41) is 3.72. The SMILES string of the molecule is CC(NC1CCN2CCCC2C1)c1cnccn1. The van der Waals surface area contributed by atoms with E-state index in [9.17, 15) is 0 Å². The molecular formula is C14H22N4. The molecule has 0 aliphatic carbocycles. The molecule has 18 heavy (non-hydrogen) atoms. The van der Waals surface area contributed by atoms with Gasteiger partial charge in [-0.2, -0.15) is 0 Å². The van der Waals surface area contributed by atoms with Crippen LogP contribution in [-0.4, -0.2) is 40.0 Å². The molecule has 1 aromatic heterocycles. The maximum absolute atomic E-state index is 4.38. The lowest BCUT2D eigenvalue weighted by molar-refractivity contribution is 0.162. The zero-order valence-electron chi connectivity index (χ0n) is 11.0. The third-order valence-electron chi connectivity index (χ3n) is 4.33. The molecule has 0 bridgehead atoms. The Balaban J connectivity index is 1.57. The highest BCUT2D eigenvalue weighted by molar-refractivity contribution is 5.02. The van der Waals surface area contributed by atoms with Crippen molar-refractivity contribution in [2.24, 2.45) is 0 Å². The molecule has 98 valence electrons.